The van der Waals surface area contributed by atoms with Gasteiger partial charge >= 0.3 is 0 Å². The van der Waals surface area contributed by atoms with E-state index >= 15 is 0 Å². The maximum Gasteiger partial charge on any atom is 0.0616 e. The van der Waals surface area contributed by atoms with E-state index in [1.54, 1.807) is 0 Å². The van der Waals surface area contributed by atoms with Gasteiger partial charge in [-0.25, -0.2) is 0 Å². The van der Waals surface area contributed by atoms with Crippen molar-refractivity contribution in [1.29, 1.82) is 0 Å². The fourth-order valence-electron chi connectivity index (χ4n) is 2.76. The fourth-order valence-corrected chi connectivity index (χ4v) is 2.76. The average molecular weight is 185 g/mol. The molecule has 0 bridgehead atoms. The van der Waals surface area contributed by atoms with Crippen LogP contribution in [0.5, 0.6) is 0 Å². The quantitative estimate of drug-likeness (QED) is 0.701. The summed E-state index contributed by atoms with van der Waals surface area (Å²) in [5.74, 6) is 0.667. The predicted molar refractivity (Wildman–Crippen MR) is 55.7 cm³/mol. The largest absolute Gasteiger partial charge is 0.394 e. The molecular weight excluding hydrogens is 162 g/mol. The summed E-state index contributed by atoms with van der Waals surface area (Å²) >= 11 is 0. The van der Waals surface area contributed by atoms with Crippen LogP contribution in [0, 0.1) is 5.92 Å². The Labute approximate surface area is 81.7 Å². The first kappa shape index (κ1) is 11.0. The van der Waals surface area contributed by atoms with Crippen LogP contribution in [0.2, 0.25) is 0 Å². The molecule has 1 fully saturated rings. The highest BCUT2D eigenvalue weighted by Crippen LogP contribution is 2.37. The standard InChI is InChI=1S/C11H23NO/c1-4-10-6-5-7-11(10,8-13)12-9(2)3/h9-10,12-13H,4-8H2,1-3H3. The van der Waals surface area contributed by atoms with Crippen molar-refractivity contribution in [3.8, 4) is 0 Å². The van der Waals surface area contributed by atoms with E-state index in [1.165, 1.54) is 19.3 Å². The molecule has 2 atom stereocenters. The molecule has 1 saturated carbocycles. The molecule has 78 valence electrons. The number of nitrogens with one attached hydrogen (secondary N) is 1. The van der Waals surface area contributed by atoms with Crippen molar-refractivity contribution < 1.29 is 5.11 Å². The van der Waals surface area contributed by atoms with Gasteiger partial charge in [0, 0.05) is 11.6 Å². The molecule has 0 saturated heterocycles. The van der Waals surface area contributed by atoms with E-state index in [2.05, 4.69) is 26.1 Å². The Morgan fingerprint density at radius 3 is 2.69 bits per heavy atom. The zero-order valence-corrected chi connectivity index (χ0v) is 9.14. The molecule has 2 heteroatoms. The molecule has 0 amide bonds. The first-order chi connectivity index (χ1) is 6.14. The maximum atomic E-state index is 9.50. The van der Waals surface area contributed by atoms with Gasteiger partial charge in [0.25, 0.3) is 0 Å². The molecule has 0 heterocycles. The zero-order chi connectivity index (χ0) is 9.90. The van der Waals surface area contributed by atoms with Crippen LogP contribution in [0.1, 0.15) is 46.5 Å². The number of hydrogen-bond acceptors (Lipinski definition) is 2. The van der Waals surface area contributed by atoms with Crippen molar-refractivity contribution in [2.24, 2.45) is 5.92 Å². The second-order valence-corrected chi connectivity index (χ2v) is 4.61. The van der Waals surface area contributed by atoms with Gasteiger partial charge in [0.2, 0.25) is 0 Å². The lowest BCUT2D eigenvalue weighted by atomic mass is 9.85. The third-order valence-corrected chi connectivity index (χ3v) is 3.31. The lowest BCUT2D eigenvalue weighted by Gasteiger charge is -2.36. The average Bonchev–Trinajstić information content (AvgIpc) is 2.47. The Morgan fingerprint density at radius 1 is 1.54 bits per heavy atom. The van der Waals surface area contributed by atoms with Crippen molar-refractivity contribution >= 4 is 0 Å². The SMILES string of the molecule is CCC1CCCC1(CO)NC(C)C. The predicted octanol–water partition coefficient (Wildman–Crippen LogP) is 1.93. The van der Waals surface area contributed by atoms with Crippen LogP contribution in [-0.2, 0) is 0 Å². The Hall–Kier alpha value is -0.0800. The highest BCUT2D eigenvalue weighted by Gasteiger charge is 2.41. The minimum absolute atomic E-state index is 0.0307. The van der Waals surface area contributed by atoms with E-state index in [1.807, 2.05) is 0 Å². The summed E-state index contributed by atoms with van der Waals surface area (Å²) in [4.78, 5) is 0. The summed E-state index contributed by atoms with van der Waals surface area (Å²) in [6.45, 7) is 6.83. The summed E-state index contributed by atoms with van der Waals surface area (Å²) in [5, 5.41) is 13.1. The van der Waals surface area contributed by atoms with Crippen molar-refractivity contribution in [2.75, 3.05) is 6.61 Å². The van der Waals surface area contributed by atoms with E-state index in [4.69, 9.17) is 0 Å². The minimum Gasteiger partial charge on any atom is -0.394 e. The molecule has 1 aliphatic rings. The minimum atomic E-state index is 0.0307. The smallest absolute Gasteiger partial charge is 0.0616 e. The van der Waals surface area contributed by atoms with E-state index in [-0.39, 0.29) is 5.54 Å². The normalized spacial score (nSPS) is 34.4. The Morgan fingerprint density at radius 2 is 2.23 bits per heavy atom. The van der Waals surface area contributed by atoms with Crippen LogP contribution in [0.25, 0.3) is 0 Å². The van der Waals surface area contributed by atoms with E-state index in [0.717, 1.165) is 6.42 Å². The van der Waals surface area contributed by atoms with Crippen LogP contribution in [0.15, 0.2) is 0 Å². The number of rotatable bonds is 4. The first-order valence-corrected chi connectivity index (χ1v) is 5.53. The van der Waals surface area contributed by atoms with Gasteiger partial charge in [-0.3, -0.25) is 0 Å². The van der Waals surface area contributed by atoms with Crippen molar-refractivity contribution in [3.05, 3.63) is 0 Å². The van der Waals surface area contributed by atoms with Gasteiger partial charge in [-0.2, -0.15) is 0 Å². The zero-order valence-electron chi connectivity index (χ0n) is 9.14. The molecule has 0 aliphatic heterocycles. The van der Waals surface area contributed by atoms with Gasteiger partial charge in [-0.15, -0.1) is 0 Å². The number of aliphatic hydroxyl groups is 1. The fraction of sp³-hybridized carbons (Fsp3) is 1.00. The van der Waals surface area contributed by atoms with Gasteiger partial charge in [-0.1, -0.05) is 33.6 Å². The Kier molecular flexibility index (Phi) is 3.74. The van der Waals surface area contributed by atoms with Crippen LogP contribution in [0.4, 0.5) is 0 Å². The summed E-state index contributed by atoms with van der Waals surface area (Å²) < 4.78 is 0. The monoisotopic (exact) mass is 185 g/mol. The molecule has 1 rings (SSSR count). The maximum absolute atomic E-state index is 9.50. The summed E-state index contributed by atoms with van der Waals surface area (Å²) in [6, 6.07) is 0.472. The van der Waals surface area contributed by atoms with E-state index in [9.17, 15) is 5.11 Å². The van der Waals surface area contributed by atoms with Gasteiger partial charge in [0.15, 0.2) is 0 Å². The van der Waals surface area contributed by atoms with Gasteiger partial charge in [0.1, 0.15) is 0 Å². The molecule has 2 N–H and O–H groups in total. The molecule has 13 heavy (non-hydrogen) atoms. The highest BCUT2D eigenvalue weighted by molar-refractivity contribution is 4.99. The highest BCUT2D eigenvalue weighted by atomic mass is 16.3. The second-order valence-electron chi connectivity index (χ2n) is 4.61. The molecule has 0 aromatic heterocycles. The number of aliphatic hydroxyl groups excluding tert-OH is 1. The molecule has 0 radical (unpaired) electrons. The van der Waals surface area contributed by atoms with Crippen LogP contribution in [-0.4, -0.2) is 23.3 Å². The molecule has 2 unspecified atom stereocenters. The molecule has 0 aromatic rings. The molecular formula is C11H23NO. The van der Waals surface area contributed by atoms with E-state index in [0.29, 0.717) is 18.6 Å². The van der Waals surface area contributed by atoms with Crippen LogP contribution < -0.4 is 5.32 Å². The van der Waals surface area contributed by atoms with Crippen molar-refractivity contribution in [3.63, 3.8) is 0 Å². The first-order valence-electron chi connectivity index (χ1n) is 5.53. The van der Waals surface area contributed by atoms with Gasteiger partial charge in [-0.05, 0) is 18.8 Å². The summed E-state index contributed by atoms with van der Waals surface area (Å²) in [7, 11) is 0. The van der Waals surface area contributed by atoms with E-state index < -0.39 is 0 Å². The second kappa shape index (κ2) is 4.43. The molecule has 1 aliphatic carbocycles. The molecule has 0 aromatic carbocycles. The van der Waals surface area contributed by atoms with Crippen LogP contribution in [0.3, 0.4) is 0 Å². The van der Waals surface area contributed by atoms with Crippen LogP contribution >= 0.6 is 0 Å². The van der Waals surface area contributed by atoms with Crippen molar-refractivity contribution in [1.82, 2.24) is 5.32 Å². The Bertz CT molecular complexity index is 158. The summed E-state index contributed by atoms with van der Waals surface area (Å²) in [5.41, 5.74) is 0.0307. The molecule has 0 spiro atoms. The lowest BCUT2D eigenvalue weighted by molar-refractivity contribution is 0.113. The topological polar surface area (TPSA) is 32.3 Å². The lowest BCUT2D eigenvalue weighted by Crippen LogP contribution is -2.53. The third-order valence-electron chi connectivity index (χ3n) is 3.31. The molecule has 2 nitrogen and oxygen atoms in total. The van der Waals surface area contributed by atoms with Gasteiger partial charge < -0.3 is 10.4 Å². The third kappa shape index (κ3) is 2.23. The Balaban J connectivity index is 2.66. The number of hydrogen-bond donors (Lipinski definition) is 2. The van der Waals surface area contributed by atoms with Crippen molar-refractivity contribution in [2.45, 2.75) is 58.0 Å². The van der Waals surface area contributed by atoms with Gasteiger partial charge in [0.05, 0.1) is 6.61 Å². The summed E-state index contributed by atoms with van der Waals surface area (Å²) in [6.07, 6.45) is 4.86.